The molecule has 0 aromatic heterocycles. The van der Waals surface area contributed by atoms with E-state index in [4.69, 9.17) is 14.2 Å². The molecular weight excluding hydrogens is 696 g/mol. The second-order valence-corrected chi connectivity index (χ2v) is 16.8. The van der Waals surface area contributed by atoms with Crippen molar-refractivity contribution in [1.29, 1.82) is 0 Å². The first-order chi connectivity index (χ1) is 26.0. The second-order valence-electron chi connectivity index (χ2n) is 16.8. The highest BCUT2D eigenvalue weighted by Gasteiger charge is 2.46. The average molecular weight is 765 g/mol. The van der Waals surface area contributed by atoms with E-state index in [1.165, 1.54) is 33.5 Å². The van der Waals surface area contributed by atoms with E-state index < -0.39 is 0 Å². The van der Waals surface area contributed by atoms with Crippen LogP contribution in [0.2, 0.25) is 0 Å². The third-order valence-electron chi connectivity index (χ3n) is 12.6. The third-order valence-corrected chi connectivity index (χ3v) is 12.6. The van der Waals surface area contributed by atoms with Crippen LogP contribution in [0.4, 0.5) is 0 Å². The lowest BCUT2D eigenvalue weighted by Gasteiger charge is -2.35. The van der Waals surface area contributed by atoms with Crippen LogP contribution >= 0.6 is 0 Å². The van der Waals surface area contributed by atoms with E-state index in [-0.39, 0.29) is 72.7 Å². The van der Waals surface area contributed by atoms with Crippen LogP contribution in [-0.2, 0) is 57.1 Å². The average Bonchev–Trinajstić information content (AvgIpc) is 3.54. The van der Waals surface area contributed by atoms with Crippen LogP contribution in [-0.4, -0.2) is 82.9 Å². The Morgan fingerprint density at radius 3 is 0.981 bits per heavy atom. The van der Waals surface area contributed by atoms with Gasteiger partial charge in [0.15, 0.2) is 6.79 Å². The fourth-order valence-electron chi connectivity index (χ4n) is 10.4. The van der Waals surface area contributed by atoms with Crippen LogP contribution in [0.25, 0.3) is 0 Å². The van der Waals surface area contributed by atoms with Gasteiger partial charge in [0.2, 0.25) is 0 Å². The van der Waals surface area contributed by atoms with Gasteiger partial charge in [-0.1, -0.05) is 13.8 Å². The molecule has 0 amide bonds. The first kappa shape index (κ1) is 44.0. The van der Waals surface area contributed by atoms with Crippen molar-refractivity contribution < 1.29 is 57.1 Å². The highest BCUT2D eigenvalue weighted by atomic mass is 16.7. The smallest absolute Gasteiger partial charge is 0.309 e. The SMILES string of the molecule is CCC(=O)OC.CCC(=O)OCOC.CCOC.O=C1OC2CC3CC(C2)CC1C3.O=C1OC2CC3CC(C2)CC1C3.O=C1OC2CC3CC(C2)CC1C3. The van der Waals surface area contributed by atoms with Gasteiger partial charge in [-0.3, -0.25) is 24.0 Å². The number of fused-ring (bicyclic) bond motifs is 3. The van der Waals surface area contributed by atoms with Crippen LogP contribution in [0.15, 0.2) is 0 Å². The summed E-state index contributed by atoms with van der Waals surface area (Å²) in [6, 6.07) is 0. The zero-order chi connectivity index (χ0) is 39.2. The molecule has 12 nitrogen and oxygen atoms in total. The van der Waals surface area contributed by atoms with Crippen molar-refractivity contribution in [2.75, 3.05) is 34.7 Å². The van der Waals surface area contributed by atoms with Crippen molar-refractivity contribution in [3.8, 4) is 0 Å². The Morgan fingerprint density at radius 1 is 0.481 bits per heavy atom. The minimum absolute atomic E-state index is 0.0622. The molecule has 0 N–H and O–H groups in total. The normalized spacial score (nSPS) is 36.4. The summed E-state index contributed by atoms with van der Waals surface area (Å²) in [5, 5.41) is 0. The van der Waals surface area contributed by atoms with Crippen LogP contribution < -0.4 is 0 Å². The Morgan fingerprint density at radius 2 is 0.778 bits per heavy atom. The predicted octanol–water partition coefficient (Wildman–Crippen LogP) is 6.98. The van der Waals surface area contributed by atoms with Crippen molar-refractivity contribution >= 4 is 29.8 Å². The van der Waals surface area contributed by atoms with Crippen LogP contribution in [0.1, 0.15) is 130 Å². The lowest BCUT2D eigenvalue weighted by molar-refractivity contribution is -0.154. The van der Waals surface area contributed by atoms with Crippen LogP contribution in [0.3, 0.4) is 0 Å². The minimum Gasteiger partial charge on any atom is -0.469 e. The van der Waals surface area contributed by atoms with Crippen molar-refractivity contribution in [3.05, 3.63) is 0 Å². The lowest BCUT2D eigenvalue weighted by atomic mass is 9.68. The highest BCUT2D eigenvalue weighted by Crippen LogP contribution is 2.49. The Bertz CT molecular complexity index is 1060. The van der Waals surface area contributed by atoms with E-state index in [2.05, 4.69) is 18.9 Å². The third kappa shape index (κ3) is 13.5. The van der Waals surface area contributed by atoms with Crippen molar-refractivity contribution in [3.63, 3.8) is 0 Å². The molecule has 0 radical (unpaired) electrons. The molecule has 12 heteroatoms. The molecule has 0 aromatic carbocycles. The Kier molecular flexibility index (Phi) is 18.0. The molecular formula is C42H68O12. The number of esters is 5. The summed E-state index contributed by atoms with van der Waals surface area (Å²) in [6.07, 6.45) is 19.4. The second kappa shape index (κ2) is 22.1. The molecule has 54 heavy (non-hydrogen) atoms. The topological polar surface area (TPSA) is 150 Å². The molecule has 6 saturated heterocycles. The molecule has 12 bridgehead atoms. The molecule has 6 aliphatic heterocycles. The van der Waals surface area contributed by atoms with Gasteiger partial charge in [0, 0.05) is 33.7 Å². The summed E-state index contributed by atoms with van der Waals surface area (Å²) in [7, 11) is 4.54. The van der Waals surface area contributed by atoms with Gasteiger partial charge in [-0.2, -0.15) is 0 Å². The quantitative estimate of drug-likeness (QED) is 0.161. The van der Waals surface area contributed by atoms with E-state index in [0.29, 0.717) is 12.8 Å². The van der Waals surface area contributed by atoms with Crippen LogP contribution in [0, 0.1) is 53.3 Å². The molecule has 0 spiro atoms. The minimum atomic E-state index is -0.230. The molecule has 12 aliphatic rings. The largest absolute Gasteiger partial charge is 0.469 e. The molecule has 6 aliphatic carbocycles. The highest BCUT2D eigenvalue weighted by molar-refractivity contribution is 5.74. The van der Waals surface area contributed by atoms with E-state index in [0.717, 1.165) is 119 Å². The molecule has 6 saturated carbocycles. The van der Waals surface area contributed by atoms with E-state index >= 15 is 0 Å². The first-order valence-electron chi connectivity index (χ1n) is 20.8. The van der Waals surface area contributed by atoms with Gasteiger partial charge in [-0.05, 0) is 139 Å². The van der Waals surface area contributed by atoms with Gasteiger partial charge in [0.05, 0.1) is 24.9 Å². The predicted molar refractivity (Wildman–Crippen MR) is 198 cm³/mol. The summed E-state index contributed by atoms with van der Waals surface area (Å²) < 4.78 is 33.9. The van der Waals surface area contributed by atoms with Gasteiger partial charge >= 0.3 is 29.8 Å². The summed E-state index contributed by atoms with van der Waals surface area (Å²) in [6.45, 7) is 6.33. The number of methoxy groups -OCH3 is 3. The van der Waals surface area contributed by atoms with E-state index in [1.54, 1.807) is 21.0 Å². The number of carbonyl (C=O) groups excluding carboxylic acids is 5. The molecule has 6 unspecified atom stereocenters. The Balaban J connectivity index is 0.000000150. The van der Waals surface area contributed by atoms with Gasteiger partial charge in [0.1, 0.15) is 18.3 Å². The first-order valence-corrected chi connectivity index (χ1v) is 20.8. The summed E-state index contributed by atoms with van der Waals surface area (Å²) in [5.74, 6) is 5.54. The molecule has 0 aromatic rings. The molecule has 308 valence electrons. The summed E-state index contributed by atoms with van der Waals surface area (Å²) in [4.78, 5) is 54.5. The van der Waals surface area contributed by atoms with Gasteiger partial charge in [-0.15, -0.1) is 0 Å². The number of rotatable bonds is 5. The molecule has 12 fully saturated rings. The zero-order valence-corrected chi connectivity index (χ0v) is 33.8. The Hall–Kier alpha value is -2.73. The number of hydrogen-bond donors (Lipinski definition) is 0. The summed E-state index contributed by atoms with van der Waals surface area (Å²) in [5.41, 5.74) is 0. The maximum atomic E-state index is 11.4. The maximum Gasteiger partial charge on any atom is 0.309 e. The Labute approximate surface area is 322 Å². The lowest BCUT2D eigenvalue weighted by Crippen LogP contribution is -2.29. The fourth-order valence-corrected chi connectivity index (χ4v) is 10.4. The zero-order valence-electron chi connectivity index (χ0n) is 33.8. The van der Waals surface area contributed by atoms with Crippen molar-refractivity contribution in [2.24, 2.45) is 53.3 Å². The van der Waals surface area contributed by atoms with Gasteiger partial charge < -0.3 is 33.2 Å². The molecule has 6 atom stereocenters. The van der Waals surface area contributed by atoms with E-state index in [9.17, 15) is 24.0 Å². The van der Waals surface area contributed by atoms with E-state index in [1.807, 2.05) is 6.92 Å². The fraction of sp³-hybridized carbons (Fsp3) is 0.881. The number of hydrogen-bond acceptors (Lipinski definition) is 12. The molecule has 12 rings (SSSR count). The van der Waals surface area contributed by atoms with Gasteiger partial charge in [-0.25, -0.2) is 0 Å². The summed E-state index contributed by atoms with van der Waals surface area (Å²) >= 11 is 0. The van der Waals surface area contributed by atoms with Crippen LogP contribution in [0.5, 0.6) is 0 Å². The molecule has 6 heterocycles. The van der Waals surface area contributed by atoms with Gasteiger partial charge in [0.25, 0.3) is 0 Å². The standard InChI is InChI=1S/3C10H14O2.C5H10O3.C4H8O2.C3H8O/c3*11-10-8-2-6-1-7(3-8)5-9(4-6)12-10;1-3-5(6)8-4-7-2;1-3-4(5)6-2;1-3-4-2/h3*6-9H,1-5H2;3-4H2,1-2H3;3H2,1-2H3;3H2,1-2H3. The maximum absolute atomic E-state index is 11.4. The monoisotopic (exact) mass is 764 g/mol. The van der Waals surface area contributed by atoms with Crippen molar-refractivity contribution in [2.45, 2.75) is 148 Å². The number of carbonyl (C=O) groups is 5. The van der Waals surface area contributed by atoms with Crippen molar-refractivity contribution in [1.82, 2.24) is 0 Å². The number of ether oxygens (including phenoxy) is 7.